The zero-order valence-corrected chi connectivity index (χ0v) is 24.1. The molecule has 1 aliphatic heterocycles. The van der Waals surface area contributed by atoms with Gasteiger partial charge in [0.15, 0.2) is 0 Å². The Morgan fingerprint density at radius 1 is 0.925 bits per heavy atom. The molecule has 1 unspecified atom stereocenters. The number of imide groups is 1. The van der Waals surface area contributed by atoms with E-state index in [-0.39, 0.29) is 23.9 Å². The van der Waals surface area contributed by atoms with E-state index in [0.29, 0.717) is 16.9 Å². The molecule has 1 saturated heterocycles. The fourth-order valence-corrected chi connectivity index (χ4v) is 5.97. The number of carbonyl (C=O) groups is 4. The summed E-state index contributed by atoms with van der Waals surface area (Å²) in [6, 6.07) is 26.4. The Bertz CT molecular complexity index is 1570. The maximum absolute atomic E-state index is 13.2. The number of nitrogens with one attached hydrogen (secondary N) is 2. The van der Waals surface area contributed by atoms with Gasteiger partial charge in [-0.25, -0.2) is 4.90 Å². The van der Waals surface area contributed by atoms with E-state index in [4.69, 9.17) is 0 Å². The summed E-state index contributed by atoms with van der Waals surface area (Å²) >= 11 is 6.12. The number of nitrogens with zero attached hydrogens (tertiary/aromatic N) is 1. The van der Waals surface area contributed by atoms with Crippen LogP contribution in [0.25, 0.3) is 6.08 Å². The van der Waals surface area contributed by atoms with Crippen molar-refractivity contribution in [3.05, 3.63) is 117 Å². The number of carbonyl (C=O) groups excluding carboxylic acids is 4. The first-order chi connectivity index (χ1) is 19.4. The Balaban J connectivity index is 1.25. The highest BCUT2D eigenvalue weighted by atomic mass is 79.9. The third kappa shape index (κ3) is 6.59. The standard InChI is InChI=1S/C30H22BrN3O4S2/c31-20-8-12-22(13-9-20)34-27(35)18-26(30(34)38)40-23-14-10-21(11-15-23)32-29(37)25(17-24-7-4-16-39-24)33-28(36)19-5-2-1-3-6-19/h1-17,26H,18H2,(H,32,37)(H,33,36)/b25-17-. The quantitative estimate of drug-likeness (QED) is 0.175. The Kier molecular flexibility index (Phi) is 8.59. The highest BCUT2D eigenvalue weighted by molar-refractivity contribution is 9.10. The van der Waals surface area contributed by atoms with Crippen molar-refractivity contribution in [3.63, 3.8) is 0 Å². The fraction of sp³-hybridized carbons (Fsp3) is 0.0667. The van der Waals surface area contributed by atoms with E-state index in [2.05, 4.69) is 26.6 Å². The van der Waals surface area contributed by atoms with Crippen molar-refractivity contribution >= 4 is 80.1 Å². The summed E-state index contributed by atoms with van der Waals surface area (Å²) in [7, 11) is 0. The number of hydrogen-bond donors (Lipinski definition) is 2. The van der Waals surface area contributed by atoms with E-state index in [1.807, 2.05) is 23.6 Å². The molecule has 2 N–H and O–H groups in total. The number of anilines is 2. The molecule has 2 heterocycles. The van der Waals surface area contributed by atoms with Crippen LogP contribution in [-0.4, -0.2) is 28.9 Å². The van der Waals surface area contributed by atoms with Crippen molar-refractivity contribution in [2.24, 2.45) is 0 Å². The molecule has 1 fully saturated rings. The summed E-state index contributed by atoms with van der Waals surface area (Å²) in [5.41, 5.74) is 1.61. The molecule has 40 heavy (non-hydrogen) atoms. The number of benzene rings is 3. The smallest absolute Gasteiger partial charge is 0.272 e. The van der Waals surface area contributed by atoms with Gasteiger partial charge >= 0.3 is 0 Å². The molecule has 5 rings (SSSR count). The lowest BCUT2D eigenvalue weighted by Gasteiger charge is -2.15. The highest BCUT2D eigenvalue weighted by Crippen LogP contribution is 2.34. The van der Waals surface area contributed by atoms with Crippen molar-refractivity contribution < 1.29 is 19.2 Å². The SMILES string of the molecule is O=C(Nc1ccc(SC2CC(=O)N(c3ccc(Br)cc3)C2=O)cc1)/C(=C/c1cccs1)NC(=O)c1ccccc1. The van der Waals surface area contributed by atoms with Gasteiger partial charge in [0.1, 0.15) is 5.70 Å². The lowest BCUT2D eigenvalue weighted by Crippen LogP contribution is -2.31. The Labute approximate surface area is 247 Å². The fourth-order valence-electron chi connectivity index (χ4n) is 4.00. The summed E-state index contributed by atoms with van der Waals surface area (Å²) in [5.74, 6) is -1.36. The molecule has 1 atom stereocenters. The van der Waals surface area contributed by atoms with Gasteiger partial charge in [-0.15, -0.1) is 23.1 Å². The molecule has 4 amide bonds. The molecule has 3 aromatic carbocycles. The van der Waals surface area contributed by atoms with E-state index in [9.17, 15) is 19.2 Å². The van der Waals surface area contributed by atoms with Crippen LogP contribution in [0.1, 0.15) is 21.7 Å². The van der Waals surface area contributed by atoms with Crippen LogP contribution in [0.5, 0.6) is 0 Å². The molecule has 0 aliphatic carbocycles. The molecular weight excluding hydrogens is 610 g/mol. The van der Waals surface area contributed by atoms with Crippen molar-refractivity contribution in [1.29, 1.82) is 0 Å². The molecule has 200 valence electrons. The highest BCUT2D eigenvalue weighted by Gasteiger charge is 2.40. The van der Waals surface area contributed by atoms with Crippen LogP contribution in [0, 0.1) is 0 Å². The molecule has 0 spiro atoms. The van der Waals surface area contributed by atoms with Crippen LogP contribution in [0.2, 0.25) is 0 Å². The number of thiophene rings is 1. The molecule has 0 saturated carbocycles. The second-order valence-electron chi connectivity index (χ2n) is 8.73. The summed E-state index contributed by atoms with van der Waals surface area (Å²) in [6.45, 7) is 0. The molecule has 0 radical (unpaired) electrons. The average Bonchev–Trinajstić information content (AvgIpc) is 3.57. The second-order valence-corrected chi connectivity index (χ2v) is 11.9. The lowest BCUT2D eigenvalue weighted by molar-refractivity contribution is -0.121. The average molecular weight is 633 g/mol. The number of amides is 4. The number of rotatable bonds is 8. The molecular formula is C30H22BrN3O4S2. The zero-order valence-electron chi connectivity index (χ0n) is 20.9. The zero-order chi connectivity index (χ0) is 28.1. The molecule has 4 aromatic rings. The summed E-state index contributed by atoms with van der Waals surface area (Å²) in [6.07, 6.45) is 1.74. The topological polar surface area (TPSA) is 95.6 Å². The molecule has 10 heteroatoms. The van der Waals surface area contributed by atoms with E-state index >= 15 is 0 Å². The van der Waals surface area contributed by atoms with Crippen molar-refractivity contribution in [2.75, 3.05) is 10.2 Å². The Morgan fingerprint density at radius 2 is 1.65 bits per heavy atom. The third-order valence-electron chi connectivity index (χ3n) is 5.94. The maximum atomic E-state index is 13.2. The first-order valence-corrected chi connectivity index (χ1v) is 14.7. The van der Waals surface area contributed by atoms with Crippen LogP contribution in [0.3, 0.4) is 0 Å². The minimum atomic E-state index is -0.537. The van der Waals surface area contributed by atoms with Crippen LogP contribution in [0.15, 0.2) is 111 Å². The first kappa shape index (κ1) is 27.6. The van der Waals surface area contributed by atoms with Gasteiger partial charge in [-0.2, -0.15) is 0 Å². The first-order valence-electron chi connectivity index (χ1n) is 12.2. The van der Waals surface area contributed by atoms with E-state index in [1.54, 1.807) is 78.9 Å². The van der Waals surface area contributed by atoms with Gasteiger partial charge in [0.25, 0.3) is 11.8 Å². The van der Waals surface area contributed by atoms with Crippen LogP contribution in [0.4, 0.5) is 11.4 Å². The van der Waals surface area contributed by atoms with Gasteiger partial charge in [0.05, 0.1) is 10.9 Å². The van der Waals surface area contributed by atoms with E-state index < -0.39 is 17.1 Å². The maximum Gasteiger partial charge on any atom is 0.272 e. The number of thioether (sulfide) groups is 1. The molecule has 1 aliphatic rings. The Hall–Kier alpha value is -3.99. The lowest BCUT2D eigenvalue weighted by atomic mass is 10.2. The normalized spacial score (nSPS) is 15.3. The van der Waals surface area contributed by atoms with Crippen LogP contribution < -0.4 is 15.5 Å². The predicted molar refractivity (Wildman–Crippen MR) is 162 cm³/mol. The van der Waals surface area contributed by atoms with Gasteiger partial charge in [-0.1, -0.05) is 40.2 Å². The minimum absolute atomic E-state index is 0.107. The van der Waals surface area contributed by atoms with Crippen molar-refractivity contribution in [2.45, 2.75) is 16.6 Å². The monoisotopic (exact) mass is 631 g/mol. The number of halogens is 1. The van der Waals surface area contributed by atoms with Crippen molar-refractivity contribution in [1.82, 2.24) is 5.32 Å². The third-order valence-corrected chi connectivity index (χ3v) is 8.48. The number of hydrogen-bond acceptors (Lipinski definition) is 6. The molecule has 1 aromatic heterocycles. The van der Waals surface area contributed by atoms with Crippen molar-refractivity contribution in [3.8, 4) is 0 Å². The molecule has 0 bridgehead atoms. The predicted octanol–water partition coefficient (Wildman–Crippen LogP) is 6.34. The van der Waals surface area contributed by atoms with Crippen LogP contribution in [-0.2, 0) is 14.4 Å². The van der Waals surface area contributed by atoms with Gasteiger partial charge in [-0.05, 0) is 78.2 Å². The summed E-state index contributed by atoms with van der Waals surface area (Å²) in [5, 5.41) is 6.89. The summed E-state index contributed by atoms with van der Waals surface area (Å²) < 4.78 is 0.862. The largest absolute Gasteiger partial charge is 0.321 e. The molecule has 7 nitrogen and oxygen atoms in total. The summed E-state index contributed by atoms with van der Waals surface area (Å²) in [4.78, 5) is 54.3. The van der Waals surface area contributed by atoms with Gasteiger partial charge in [0.2, 0.25) is 11.8 Å². The van der Waals surface area contributed by atoms with Gasteiger partial charge in [0, 0.05) is 31.9 Å². The van der Waals surface area contributed by atoms with Crippen LogP contribution >= 0.6 is 39.0 Å². The van der Waals surface area contributed by atoms with Gasteiger partial charge < -0.3 is 10.6 Å². The van der Waals surface area contributed by atoms with E-state index in [0.717, 1.165) is 14.2 Å². The minimum Gasteiger partial charge on any atom is -0.321 e. The second kappa shape index (κ2) is 12.5. The Morgan fingerprint density at radius 3 is 2.33 bits per heavy atom. The van der Waals surface area contributed by atoms with E-state index in [1.165, 1.54) is 28.0 Å². The van der Waals surface area contributed by atoms with Gasteiger partial charge in [-0.3, -0.25) is 19.2 Å².